The van der Waals surface area contributed by atoms with Gasteiger partial charge in [-0.3, -0.25) is 14.2 Å². The Morgan fingerprint density at radius 3 is 2.56 bits per heavy atom. The number of carbonyl (C=O) groups excluding carboxylic acids is 1. The highest BCUT2D eigenvalue weighted by Gasteiger charge is 2.35. The van der Waals surface area contributed by atoms with Crippen molar-refractivity contribution in [1.82, 2.24) is 13.9 Å². The van der Waals surface area contributed by atoms with Gasteiger partial charge in [0.05, 0.1) is 11.7 Å². The number of hydrogen-bond acceptors (Lipinski definition) is 6. The Hall–Kier alpha value is -2.63. The number of piperidine rings is 1. The summed E-state index contributed by atoms with van der Waals surface area (Å²) in [5.41, 5.74) is 0.109. The van der Waals surface area contributed by atoms with E-state index in [-0.39, 0.29) is 34.3 Å². The van der Waals surface area contributed by atoms with Crippen LogP contribution in [0.25, 0.3) is 10.2 Å². The Kier molecular flexibility index (Phi) is 6.63. The van der Waals surface area contributed by atoms with E-state index in [2.05, 4.69) is 10.3 Å². The summed E-state index contributed by atoms with van der Waals surface area (Å²) in [6.07, 6.45) is 2.18. The van der Waals surface area contributed by atoms with Crippen LogP contribution in [-0.2, 0) is 21.4 Å². The number of aryl methyl sites for hydroxylation is 2. The number of fused-ring (bicyclic) bond motifs is 1. The maximum atomic E-state index is 13.8. The van der Waals surface area contributed by atoms with E-state index >= 15 is 0 Å². The summed E-state index contributed by atoms with van der Waals surface area (Å²) in [7, 11) is -3.92. The highest BCUT2D eigenvalue weighted by Crippen LogP contribution is 2.35. The quantitative estimate of drug-likeness (QED) is 0.571. The molecule has 8 nitrogen and oxygen atoms in total. The molecule has 3 heterocycles. The first-order valence-electron chi connectivity index (χ1n) is 11.0. The first-order valence-corrected chi connectivity index (χ1v) is 13.3. The Labute approximate surface area is 201 Å². The molecule has 3 aromatic rings. The molecule has 0 aliphatic carbocycles. The normalized spacial score (nSPS) is 19.4. The highest BCUT2D eigenvalue weighted by molar-refractivity contribution is 7.89. The van der Waals surface area contributed by atoms with Crippen molar-refractivity contribution >= 4 is 43.2 Å². The number of carbonyl (C=O) groups is 1. The zero-order valence-electron chi connectivity index (χ0n) is 19.5. The number of nitrogens with zero attached hydrogens (tertiary/aromatic N) is 3. The van der Waals surface area contributed by atoms with Crippen LogP contribution < -0.4 is 10.9 Å². The molecule has 11 heteroatoms. The number of sulfonamides is 1. The predicted octanol–water partition coefficient (Wildman–Crippen LogP) is 3.52. The number of nitrogens with one attached hydrogen (secondary N) is 1. The molecule has 1 N–H and O–H groups in total. The zero-order chi connectivity index (χ0) is 24.8. The molecular weight excluding hydrogens is 479 g/mol. The van der Waals surface area contributed by atoms with Gasteiger partial charge in [-0.25, -0.2) is 17.8 Å². The molecule has 0 spiro atoms. The molecule has 2 atom stereocenters. The van der Waals surface area contributed by atoms with Crippen molar-refractivity contribution in [3.05, 3.63) is 51.1 Å². The van der Waals surface area contributed by atoms with Gasteiger partial charge in [-0.15, -0.1) is 11.3 Å². The number of rotatable bonds is 5. The summed E-state index contributed by atoms with van der Waals surface area (Å²) in [6, 6.07) is 4.30. The van der Waals surface area contributed by atoms with Crippen LogP contribution in [0.5, 0.6) is 0 Å². The molecule has 0 unspecified atom stereocenters. The first-order chi connectivity index (χ1) is 16.0. The van der Waals surface area contributed by atoms with E-state index < -0.39 is 27.3 Å². The van der Waals surface area contributed by atoms with Crippen LogP contribution in [0, 0.1) is 31.5 Å². The molecule has 2 aromatic heterocycles. The number of halogens is 1. The Morgan fingerprint density at radius 2 is 1.91 bits per heavy atom. The van der Waals surface area contributed by atoms with E-state index in [0.717, 1.165) is 22.3 Å². The van der Waals surface area contributed by atoms with Crippen LogP contribution in [0.2, 0.25) is 0 Å². The number of thiophene rings is 1. The molecule has 0 saturated carbocycles. The average Bonchev–Trinajstić information content (AvgIpc) is 3.09. The average molecular weight is 507 g/mol. The van der Waals surface area contributed by atoms with Crippen molar-refractivity contribution in [3.63, 3.8) is 0 Å². The number of hydrogen-bond donors (Lipinski definition) is 1. The third-order valence-corrected chi connectivity index (χ3v) is 9.15. The molecule has 34 heavy (non-hydrogen) atoms. The Balaban J connectivity index is 1.68. The second-order valence-corrected chi connectivity index (χ2v) is 12.2. The van der Waals surface area contributed by atoms with Crippen molar-refractivity contribution in [3.8, 4) is 0 Å². The van der Waals surface area contributed by atoms with Crippen molar-refractivity contribution in [2.45, 2.75) is 45.6 Å². The first kappa shape index (κ1) is 24.5. The van der Waals surface area contributed by atoms with Gasteiger partial charge < -0.3 is 5.32 Å². The lowest BCUT2D eigenvalue weighted by atomic mass is 9.94. The maximum absolute atomic E-state index is 13.8. The molecule has 1 amide bonds. The van der Waals surface area contributed by atoms with Crippen LogP contribution in [0.1, 0.15) is 30.7 Å². The molecule has 182 valence electrons. The summed E-state index contributed by atoms with van der Waals surface area (Å²) in [5.74, 6) is -0.577. The molecule has 0 radical (unpaired) electrons. The van der Waals surface area contributed by atoms with Gasteiger partial charge in [0, 0.05) is 23.7 Å². The van der Waals surface area contributed by atoms with Gasteiger partial charge in [-0.05, 0) is 49.8 Å². The van der Waals surface area contributed by atoms with Gasteiger partial charge in [0.1, 0.15) is 22.1 Å². The van der Waals surface area contributed by atoms with Gasteiger partial charge in [0.15, 0.2) is 0 Å². The SMILES string of the molecule is Cc1ccc(NC(=O)Cn2cnc3sc(C)c(S(=O)(=O)N4C[C@H](C)C[C@@H](C)C4)c3c2=O)cc1F. The van der Waals surface area contributed by atoms with Crippen LogP contribution in [0.4, 0.5) is 10.1 Å². The smallest absolute Gasteiger partial charge is 0.263 e. The summed E-state index contributed by atoms with van der Waals surface area (Å²) in [4.78, 5) is 30.9. The second kappa shape index (κ2) is 9.20. The van der Waals surface area contributed by atoms with E-state index in [1.54, 1.807) is 19.9 Å². The topological polar surface area (TPSA) is 101 Å². The number of aromatic nitrogens is 2. The predicted molar refractivity (Wildman–Crippen MR) is 130 cm³/mol. The number of amides is 1. The van der Waals surface area contributed by atoms with Gasteiger partial charge >= 0.3 is 0 Å². The third kappa shape index (κ3) is 4.64. The van der Waals surface area contributed by atoms with E-state index in [4.69, 9.17) is 0 Å². The fourth-order valence-electron chi connectivity index (χ4n) is 4.49. The van der Waals surface area contributed by atoms with E-state index in [9.17, 15) is 22.4 Å². The minimum atomic E-state index is -3.92. The molecular formula is C23H27FN4O4S2. The summed E-state index contributed by atoms with van der Waals surface area (Å²) in [6.45, 7) is 7.72. The second-order valence-electron chi connectivity index (χ2n) is 9.13. The zero-order valence-corrected chi connectivity index (χ0v) is 21.1. The lowest BCUT2D eigenvalue weighted by molar-refractivity contribution is -0.116. The van der Waals surface area contributed by atoms with Gasteiger partial charge in [0.25, 0.3) is 5.56 Å². The van der Waals surface area contributed by atoms with E-state index in [0.29, 0.717) is 28.4 Å². The molecule has 1 saturated heterocycles. The molecule has 1 aliphatic rings. The molecule has 1 aliphatic heterocycles. The van der Waals surface area contributed by atoms with Crippen LogP contribution in [0.15, 0.2) is 34.2 Å². The highest BCUT2D eigenvalue weighted by atomic mass is 32.2. The lowest BCUT2D eigenvalue weighted by Gasteiger charge is -2.34. The fraction of sp³-hybridized carbons (Fsp3) is 0.435. The van der Waals surface area contributed by atoms with Gasteiger partial charge in [-0.1, -0.05) is 19.9 Å². The minimum Gasteiger partial charge on any atom is -0.324 e. The fourth-order valence-corrected chi connectivity index (χ4v) is 7.84. The third-order valence-electron chi connectivity index (χ3n) is 6.00. The largest absolute Gasteiger partial charge is 0.324 e. The maximum Gasteiger partial charge on any atom is 0.263 e. The lowest BCUT2D eigenvalue weighted by Crippen LogP contribution is -2.42. The van der Waals surface area contributed by atoms with Gasteiger partial charge in [-0.2, -0.15) is 4.31 Å². The van der Waals surface area contributed by atoms with Crippen molar-refractivity contribution < 1.29 is 17.6 Å². The minimum absolute atomic E-state index is 0.00469. The monoisotopic (exact) mass is 506 g/mol. The van der Waals surface area contributed by atoms with Crippen molar-refractivity contribution in [1.29, 1.82) is 0 Å². The van der Waals surface area contributed by atoms with E-state index in [1.807, 2.05) is 13.8 Å². The summed E-state index contributed by atoms with van der Waals surface area (Å²) in [5, 5.41) is 2.56. The number of benzene rings is 1. The Morgan fingerprint density at radius 1 is 1.24 bits per heavy atom. The van der Waals surface area contributed by atoms with Crippen LogP contribution >= 0.6 is 11.3 Å². The summed E-state index contributed by atoms with van der Waals surface area (Å²) >= 11 is 1.15. The summed E-state index contributed by atoms with van der Waals surface area (Å²) < 4.78 is 43.5. The Bertz CT molecular complexity index is 1420. The van der Waals surface area contributed by atoms with Gasteiger partial charge in [0.2, 0.25) is 15.9 Å². The molecule has 0 bridgehead atoms. The molecule has 1 aromatic carbocycles. The van der Waals surface area contributed by atoms with Crippen LogP contribution in [-0.4, -0.2) is 41.3 Å². The molecule has 4 rings (SSSR count). The number of anilines is 1. The van der Waals surface area contributed by atoms with E-state index in [1.165, 1.54) is 22.8 Å². The van der Waals surface area contributed by atoms with Crippen molar-refractivity contribution in [2.24, 2.45) is 11.8 Å². The van der Waals surface area contributed by atoms with Crippen molar-refractivity contribution in [2.75, 3.05) is 18.4 Å². The van der Waals surface area contributed by atoms with Crippen LogP contribution in [0.3, 0.4) is 0 Å². The molecule has 1 fully saturated rings. The standard InChI is InChI=1S/C23H27FN4O4S2/c1-13-7-14(2)10-28(9-13)34(31,32)21-16(4)33-22-20(21)23(30)27(12-25-22)11-19(29)26-17-6-5-15(3)18(24)8-17/h5-6,8,12-14H,7,9-11H2,1-4H3,(H,26,29)/t13-,14-/m1/s1.